The highest BCUT2D eigenvalue weighted by atomic mass is 32.2. The zero-order chi connectivity index (χ0) is 25.4. The molecule has 0 aliphatic heterocycles. The highest BCUT2D eigenvalue weighted by Gasteiger charge is 2.13. The molecule has 0 aliphatic carbocycles. The monoisotopic (exact) mass is 529 g/mol. The van der Waals surface area contributed by atoms with Crippen LogP contribution in [0.1, 0.15) is 20.8 Å². The van der Waals surface area contributed by atoms with E-state index in [2.05, 4.69) is 30.4 Å². The second-order valence-electron chi connectivity index (χ2n) is 7.75. The molecular weight excluding hydrogens is 502 g/mol. The number of aromatic nitrogens is 1. The van der Waals surface area contributed by atoms with Gasteiger partial charge in [-0.1, -0.05) is 6.07 Å². The minimum Gasteiger partial charge on any atom is -0.468 e. The van der Waals surface area contributed by atoms with Crippen LogP contribution >= 0.6 is 35.5 Å². The molecule has 1 aromatic heterocycles. The predicted molar refractivity (Wildman–Crippen MR) is 148 cm³/mol. The van der Waals surface area contributed by atoms with Crippen molar-refractivity contribution in [2.45, 2.75) is 31.7 Å². The summed E-state index contributed by atoms with van der Waals surface area (Å²) in [6.45, 7) is 5.57. The zero-order valence-electron chi connectivity index (χ0n) is 19.8. The Hall–Kier alpha value is -2.99. The molecule has 0 bridgehead atoms. The van der Waals surface area contributed by atoms with Crippen LogP contribution in [-0.2, 0) is 14.3 Å². The largest absolute Gasteiger partial charge is 0.468 e. The van der Waals surface area contributed by atoms with E-state index in [1.54, 1.807) is 11.3 Å². The van der Waals surface area contributed by atoms with Crippen LogP contribution in [0.4, 0.5) is 11.4 Å². The Morgan fingerprint density at radius 3 is 2.49 bits per heavy atom. The molecule has 0 unspecified atom stereocenters. The highest BCUT2D eigenvalue weighted by Crippen LogP contribution is 2.38. The van der Waals surface area contributed by atoms with E-state index < -0.39 is 0 Å². The molecule has 3 rings (SSSR count). The lowest BCUT2D eigenvalue weighted by Gasteiger charge is -2.13. The van der Waals surface area contributed by atoms with E-state index in [-0.39, 0.29) is 24.5 Å². The summed E-state index contributed by atoms with van der Waals surface area (Å²) in [7, 11) is 1.34. The third kappa shape index (κ3) is 8.03. The van der Waals surface area contributed by atoms with E-state index in [0.717, 1.165) is 31.6 Å². The highest BCUT2D eigenvalue weighted by molar-refractivity contribution is 7.97. The van der Waals surface area contributed by atoms with Crippen molar-refractivity contribution in [1.82, 2.24) is 15.0 Å². The number of benzene rings is 2. The zero-order valence-corrected chi connectivity index (χ0v) is 22.2. The number of rotatable bonds is 9. The number of ether oxygens (including phenoxy) is 1. The minimum atomic E-state index is -0.365. The number of amides is 1. The lowest BCUT2D eigenvalue weighted by molar-refractivity contribution is -0.139. The average Bonchev–Trinajstić information content (AvgIpc) is 3.28. The van der Waals surface area contributed by atoms with E-state index in [9.17, 15) is 9.59 Å². The smallest absolute Gasteiger partial charge is 0.320 e. The third-order valence-electron chi connectivity index (χ3n) is 4.51. The fourth-order valence-corrected chi connectivity index (χ4v) is 5.19. The van der Waals surface area contributed by atoms with Crippen LogP contribution in [0.2, 0.25) is 0 Å². The van der Waals surface area contributed by atoms with Crippen molar-refractivity contribution < 1.29 is 14.3 Å². The molecule has 0 saturated carbocycles. The fraction of sp³-hybridized carbons (Fsp3) is 0.250. The van der Waals surface area contributed by atoms with Crippen LogP contribution in [0, 0.1) is 0 Å². The van der Waals surface area contributed by atoms with E-state index in [1.807, 2.05) is 62.5 Å². The summed E-state index contributed by atoms with van der Waals surface area (Å²) >= 11 is 8.15. The Bertz CT molecular complexity index is 1200. The van der Waals surface area contributed by atoms with E-state index in [1.165, 1.54) is 26.0 Å². The van der Waals surface area contributed by atoms with E-state index >= 15 is 0 Å². The number of hydrogen-bond donors (Lipinski definition) is 4. The summed E-state index contributed by atoms with van der Waals surface area (Å²) in [6, 6.07) is 13.8. The summed E-state index contributed by atoms with van der Waals surface area (Å²) in [5, 5.41) is 10.6. The normalized spacial score (nSPS) is 10.7. The summed E-state index contributed by atoms with van der Waals surface area (Å²) in [5.41, 5.74) is 3.49. The fourth-order valence-electron chi connectivity index (χ4n) is 2.99. The average molecular weight is 530 g/mol. The number of hydrogen-bond acceptors (Lipinski definition) is 8. The number of carbonyl (C=O) groups is 2. The Balaban J connectivity index is 1.80. The molecular formula is C24H27N5O3S3. The van der Waals surface area contributed by atoms with Crippen LogP contribution in [0.5, 0.6) is 0 Å². The summed E-state index contributed by atoms with van der Waals surface area (Å²) in [4.78, 5) is 29.4. The second-order valence-corrected chi connectivity index (χ2v) is 10.1. The molecule has 11 heteroatoms. The summed E-state index contributed by atoms with van der Waals surface area (Å²) < 4.78 is 7.69. The molecule has 184 valence electrons. The lowest BCUT2D eigenvalue weighted by atomic mass is 10.2. The molecule has 8 nitrogen and oxygen atoms in total. The summed E-state index contributed by atoms with van der Waals surface area (Å²) in [5.74, 6) is -0.522. The van der Waals surface area contributed by atoms with Crippen molar-refractivity contribution in [2.24, 2.45) is 0 Å². The van der Waals surface area contributed by atoms with E-state index in [4.69, 9.17) is 12.2 Å². The van der Waals surface area contributed by atoms with Crippen molar-refractivity contribution in [3.8, 4) is 21.0 Å². The first kappa shape index (κ1) is 26.6. The van der Waals surface area contributed by atoms with E-state index in [0.29, 0.717) is 10.8 Å². The van der Waals surface area contributed by atoms with Crippen molar-refractivity contribution in [2.75, 3.05) is 24.3 Å². The Labute approximate surface area is 218 Å². The van der Waals surface area contributed by atoms with Crippen molar-refractivity contribution >= 4 is 63.9 Å². The molecule has 1 amide bonds. The van der Waals surface area contributed by atoms with Crippen molar-refractivity contribution in [3.05, 3.63) is 48.7 Å². The first-order valence-electron chi connectivity index (χ1n) is 10.8. The van der Waals surface area contributed by atoms with Gasteiger partial charge in [0.05, 0.1) is 12.0 Å². The van der Waals surface area contributed by atoms with Crippen LogP contribution in [0.15, 0.2) is 53.6 Å². The van der Waals surface area contributed by atoms with Gasteiger partial charge in [0.1, 0.15) is 11.6 Å². The van der Waals surface area contributed by atoms with Gasteiger partial charge in [0.25, 0.3) is 0 Å². The first-order valence-corrected chi connectivity index (χ1v) is 12.8. The number of methoxy groups -OCH3 is 1. The van der Waals surface area contributed by atoms with Gasteiger partial charge in [-0.25, -0.2) is 9.71 Å². The van der Waals surface area contributed by atoms with Crippen LogP contribution in [0.25, 0.3) is 21.0 Å². The first-order chi connectivity index (χ1) is 16.7. The molecule has 0 spiro atoms. The number of thiazole rings is 1. The molecule has 3 aromatic rings. The number of thiocarbonyl (C=S) groups is 1. The molecule has 4 N–H and O–H groups in total. The predicted octanol–water partition coefficient (Wildman–Crippen LogP) is 4.90. The van der Waals surface area contributed by atoms with Crippen LogP contribution < -0.4 is 20.7 Å². The van der Waals surface area contributed by atoms with Gasteiger partial charge in [-0.3, -0.25) is 9.59 Å². The van der Waals surface area contributed by atoms with Gasteiger partial charge in [-0.05, 0) is 74.4 Å². The van der Waals surface area contributed by atoms with Crippen molar-refractivity contribution in [3.63, 3.8) is 0 Å². The maximum absolute atomic E-state index is 11.5. The lowest BCUT2D eigenvalue weighted by Crippen LogP contribution is -2.33. The van der Waals surface area contributed by atoms with Crippen LogP contribution in [0.3, 0.4) is 0 Å². The molecule has 0 aliphatic rings. The number of nitrogens with zero attached hydrogens (tertiary/aromatic N) is 1. The molecule has 0 radical (unpaired) electrons. The molecule has 2 aromatic carbocycles. The van der Waals surface area contributed by atoms with Crippen molar-refractivity contribution in [1.29, 1.82) is 0 Å². The maximum atomic E-state index is 11.5. The Morgan fingerprint density at radius 1 is 1.11 bits per heavy atom. The summed E-state index contributed by atoms with van der Waals surface area (Å²) in [6.07, 6.45) is 1.83. The molecule has 0 fully saturated rings. The topological polar surface area (TPSA) is 104 Å². The van der Waals surface area contributed by atoms with Gasteiger partial charge in [0.15, 0.2) is 5.11 Å². The SMILES string of the molecule is COC(=O)CNSc1cc(NC(C)=O)ccc1-c1cnc(-c2ccc(NC(=S)NC(C)C)cc2)s1. The molecule has 0 atom stereocenters. The second kappa shape index (κ2) is 12.6. The quantitative estimate of drug-likeness (QED) is 0.175. The van der Waals surface area contributed by atoms with Crippen LogP contribution in [-0.4, -0.2) is 41.7 Å². The standard InChI is InChI=1S/C24H27N5O3S3/c1-14(2)27-24(33)29-17-7-5-16(6-8-17)23-25-12-21(34-23)19-10-9-18(28-15(3)30)11-20(19)35-26-13-22(31)32-4/h5-12,14,26H,13H2,1-4H3,(H,28,30)(H2,27,29,33). The molecule has 35 heavy (non-hydrogen) atoms. The van der Waals surface area contributed by atoms with Gasteiger partial charge in [-0.2, -0.15) is 0 Å². The van der Waals surface area contributed by atoms with Gasteiger partial charge < -0.3 is 20.7 Å². The number of carbonyl (C=O) groups excluding carboxylic acids is 2. The number of anilines is 2. The maximum Gasteiger partial charge on any atom is 0.320 e. The van der Waals surface area contributed by atoms with Gasteiger partial charge in [-0.15, -0.1) is 11.3 Å². The third-order valence-corrected chi connectivity index (χ3v) is 6.65. The number of esters is 1. The Morgan fingerprint density at radius 2 is 1.83 bits per heavy atom. The number of nitrogens with one attached hydrogen (secondary N) is 4. The molecule has 1 heterocycles. The van der Waals surface area contributed by atoms with Gasteiger partial charge >= 0.3 is 5.97 Å². The minimum absolute atomic E-state index is 0.0510. The van der Waals surface area contributed by atoms with Gasteiger partial charge in [0.2, 0.25) is 5.91 Å². The van der Waals surface area contributed by atoms with Gasteiger partial charge in [0, 0.05) is 46.6 Å². The molecule has 0 saturated heterocycles. The Kier molecular flexibility index (Phi) is 9.61.